The smallest absolute Gasteiger partial charge is 0.129 e. The van der Waals surface area contributed by atoms with Crippen LogP contribution in [0.15, 0.2) is 24.3 Å². The average Bonchev–Trinajstić information content (AvgIpc) is 2.37. The molecule has 2 aromatic rings. The Bertz CT molecular complexity index is 523. The number of rotatable bonds is 4. The molecule has 90 valence electrons. The van der Waals surface area contributed by atoms with Crippen LogP contribution >= 0.6 is 0 Å². The number of methoxy groups -OCH3 is 1. The molecule has 2 rings (SSSR count). The van der Waals surface area contributed by atoms with Crippen molar-refractivity contribution in [2.45, 2.75) is 20.0 Å². The number of aryl methyl sites for hydroxylation is 1. The second-order valence-electron chi connectivity index (χ2n) is 4.06. The first-order valence-electron chi connectivity index (χ1n) is 5.87. The molecule has 0 spiro atoms. The number of hydrogen-bond donors (Lipinski definition) is 1. The Morgan fingerprint density at radius 3 is 2.76 bits per heavy atom. The van der Waals surface area contributed by atoms with Gasteiger partial charge in [0.15, 0.2) is 0 Å². The molecule has 0 aliphatic rings. The lowest BCUT2D eigenvalue weighted by molar-refractivity contribution is 0.185. The summed E-state index contributed by atoms with van der Waals surface area (Å²) in [4.78, 5) is 4.61. The van der Waals surface area contributed by atoms with Crippen molar-refractivity contribution in [1.29, 1.82) is 0 Å². The van der Waals surface area contributed by atoms with Crippen LogP contribution in [0.5, 0.6) is 0 Å². The second kappa shape index (κ2) is 5.15. The highest BCUT2D eigenvalue weighted by atomic mass is 16.5. The van der Waals surface area contributed by atoms with Crippen LogP contribution in [-0.4, -0.2) is 19.1 Å². The van der Waals surface area contributed by atoms with E-state index in [0.717, 1.165) is 17.8 Å². The molecule has 3 nitrogen and oxygen atoms in total. The molecule has 0 saturated heterocycles. The van der Waals surface area contributed by atoms with E-state index in [0.29, 0.717) is 6.61 Å². The number of pyridine rings is 1. The third-order valence-electron chi connectivity index (χ3n) is 2.89. The third kappa shape index (κ3) is 2.39. The van der Waals surface area contributed by atoms with Crippen molar-refractivity contribution in [1.82, 2.24) is 4.98 Å². The van der Waals surface area contributed by atoms with Gasteiger partial charge in [-0.25, -0.2) is 4.98 Å². The maximum Gasteiger partial charge on any atom is 0.129 e. The first-order chi connectivity index (χ1) is 8.28. The minimum Gasteiger partial charge on any atom is -0.380 e. The Balaban J connectivity index is 2.54. The molecule has 0 amide bonds. The van der Waals surface area contributed by atoms with Gasteiger partial charge in [0.2, 0.25) is 0 Å². The number of nitrogens with one attached hydrogen (secondary N) is 1. The summed E-state index contributed by atoms with van der Waals surface area (Å²) in [5.74, 6) is 0.972. The normalized spacial score (nSPS) is 10.8. The Morgan fingerprint density at radius 2 is 2.12 bits per heavy atom. The predicted molar refractivity (Wildman–Crippen MR) is 71.4 cm³/mol. The zero-order valence-corrected chi connectivity index (χ0v) is 10.6. The number of anilines is 1. The summed E-state index contributed by atoms with van der Waals surface area (Å²) in [6.45, 7) is 2.79. The van der Waals surface area contributed by atoms with E-state index >= 15 is 0 Å². The summed E-state index contributed by atoms with van der Waals surface area (Å²) in [7, 11) is 3.62. The molecule has 0 unspecified atom stereocenters. The molecule has 0 radical (unpaired) electrons. The fraction of sp³-hybridized carbons (Fsp3) is 0.357. The molecule has 0 aliphatic carbocycles. The van der Waals surface area contributed by atoms with E-state index in [2.05, 4.69) is 35.4 Å². The van der Waals surface area contributed by atoms with Gasteiger partial charge in [0.05, 0.1) is 12.1 Å². The van der Waals surface area contributed by atoms with Crippen LogP contribution < -0.4 is 5.32 Å². The van der Waals surface area contributed by atoms with Crippen molar-refractivity contribution in [3.8, 4) is 0 Å². The van der Waals surface area contributed by atoms with Crippen LogP contribution in [0.1, 0.15) is 18.1 Å². The summed E-state index contributed by atoms with van der Waals surface area (Å²) in [6.07, 6.45) is 0.980. The molecule has 17 heavy (non-hydrogen) atoms. The van der Waals surface area contributed by atoms with Crippen LogP contribution in [0.2, 0.25) is 0 Å². The quantitative estimate of drug-likeness (QED) is 0.876. The molecule has 1 aromatic carbocycles. The lowest BCUT2D eigenvalue weighted by Gasteiger charge is -2.09. The van der Waals surface area contributed by atoms with Crippen molar-refractivity contribution >= 4 is 16.7 Å². The molecule has 3 heteroatoms. The Labute approximate surface area is 102 Å². The van der Waals surface area contributed by atoms with E-state index in [1.165, 1.54) is 16.5 Å². The minimum absolute atomic E-state index is 0.644. The molecule has 1 heterocycles. The number of nitrogens with zero attached hydrogens (tertiary/aromatic N) is 1. The lowest BCUT2D eigenvalue weighted by atomic mass is 10.1. The Hall–Kier alpha value is -1.61. The van der Waals surface area contributed by atoms with Crippen LogP contribution in [0.25, 0.3) is 10.9 Å². The molecule has 0 atom stereocenters. The monoisotopic (exact) mass is 230 g/mol. The first-order valence-corrected chi connectivity index (χ1v) is 5.87. The SMILES string of the molecule is CCc1cc2cc(COC)ccc2nc1NC. The lowest BCUT2D eigenvalue weighted by Crippen LogP contribution is -1.98. The molecular formula is C14H18N2O. The van der Waals surface area contributed by atoms with Crippen molar-refractivity contribution in [2.24, 2.45) is 0 Å². The second-order valence-corrected chi connectivity index (χ2v) is 4.06. The van der Waals surface area contributed by atoms with E-state index < -0.39 is 0 Å². The molecule has 0 saturated carbocycles. The molecule has 0 bridgehead atoms. The van der Waals surface area contributed by atoms with Crippen LogP contribution in [0, 0.1) is 0 Å². The minimum atomic E-state index is 0.644. The molecule has 1 N–H and O–H groups in total. The van der Waals surface area contributed by atoms with E-state index in [4.69, 9.17) is 4.74 Å². The fourth-order valence-corrected chi connectivity index (χ4v) is 2.01. The van der Waals surface area contributed by atoms with Gasteiger partial charge in [-0.15, -0.1) is 0 Å². The van der Waals surface area contributed by atoms with Gasteiger partial charge in [-0.05, 0) is 35.7 Å². The van der Waals surface area contributed by atoms with Gasteiger partial charge in [-0.1, -0.05) is 13.0 Å². The highest BCUT2D eigenvalue weighted by Gasteiger charge is 2.04. The van der Waals surface area contributed by atoms with Gasteiger partial charge < -0.3 is 10.1 Å². The van der Waals surface area contributed by atoms with Crippen LogP contribution in [0.3, 0.4) is 0 Å². The highest BCUT2D eigenvalue weighted by molar-refractivity contribution is 5.82. The average molecular weight is 230 g/mol. The van der Waals surface area contributed by atoms with Gasteiger partial charge in [-0.3, -0.25) is 0 Å². The number of benzene rings is 1. The van der Waals surface area contributed by atoms with Gasteiger partial charge in [0.25, 0.3) is 0 Å². The van der Waals surface area contributed by atoms with Crippen molar-refractivity contribution in [3.05, 3.63) is 35.4 Å². The van der Waals surface area contributed by atoms with Crippen LogP contribution in [0.4, 0.5) is 5.82 Å². The van der Waals surface area contributed by atoms with Crippen LogP contribution in [-0.2, 0) is 17.8 Å². The number of fused-ring (bicyclic) bond motifs is 1. The van der Waals surface area contributed by atoms with Crippen molar-refractivity contribution in [2.75, 3.05) is 19.5 Å². The maximum atomic E-state index is 5.15. The van der Waals surface area contributed by atoms with E-state index in [1.54, 1.807) is 7.11 Å². The number of ether oxygens (including phenoxy) is 1. The first kappa shape index (κ1) is 11.9. The predicted octanol–water partition coefficient (Wildman–Crippen LogP) is 2.99. The zero-order valence-electron chi connectivity index (χ0n) is 10.6. The Kier molecular flexibility index (Phi) is 3.59. The van der Waals surface area contributed by atoms with Gasteiger partial charge in [-0.2, -0.15) is 0 Å². The van der Waals surface area contributed by atoms with E-state index in [9.17, 15) is 0 Å². The number of aromatic nitrogens is 1. The van der Waals surface area contributed by atoms with Gasteiger partial charge in [0.1, 0.15) is 5.82 Å². The summed E-state index contributed by atoms with van der Waals surface area (Å²) >= 11 is 0. The van der Waals surface area contributed by atoms with E-state index in [-0.39, 0.29) is 0 Å². The largest absolute Gasteiger partial charge is 0.380 e. The standard InChI is InChI=1S/C14H18N2O/c1-4-11-8-12-7-10(9-17-3)5-6-13(12)16-14(11)15-2/h5-8H,4,9H2,1-3H3,(H,15,16). The molecule has 0 fully saturated rings. The van der Waals surface area contributed by atoms with Crippen molar-refractivity contribution < 1.29 is 4.74 Å². The van der Waals surface area contributed by atoms with E-state index in [1.807, 2.05) is 13.1 Å². The highest BCUT2D eigenvalue weighted by Crippen LogP contribution is 2.22. The van der Waals surface area contributed by atoms with Crippen molar-refractivity contribution in [3.63, 3.8) is 0 Å². The van der Waals surface area contributed by atoms with Gasteiger partial charge in [0, 0.05) is 19.5 Å². The summed E-state index contributed by atoms with van der Waals surface area (Å²) < 4.78 is 5.15. The maximum absolute atomic E-state index is 5.15. The Morgan fingerprint density at radius 1 is 1.29 bits per heavy atom. The molecule has 0 aliphatic heterocycles. The number of hydrogen-bond acceptors (Lipinski definition) is 3. The summed E-state index contributed by atoms with van der Waals surface area (Å²) in [5, 5.41) is 4.32. The third-order valence-corrected chi connectivity index (χ3v) is 2.89. The summed E-state index contributed by atoms with van der Waals surface area (Å²) in [6, 6.07) is 8.45. The molecular weight excluding hydrogens is 212 g/mol. The summed E-state index contributed by atoms with van der Waals surface area (Å²) in [5.41, 5.74) is 3.45. The fourth-order valence-electron chi connectivity index (χ4n) is 2.01. The van der Waals surface area contributed by atoms with Gasteiger partial charge >= 0.3 is 0 Å². The molecule has 1 aromatic heterocycles. The topological polar surface area (TPSA) is 34.1 Å². The zero-order chi connectivity index (χ0) is 12.3.